The van der Waals surface area contributed by atoms with Crippen molar-refractivity contribution >= 4 is 5.91 Å². The second kappa shape index (κ2) is 6.02. The molecular formula is C14H26N2O2. The topological polar surface area (TPSA) is 32.8 Å². The minimum atomic E-state index is 0.243. The molecule has 0 spiro atoms. The van der Waals surface area contributed by atoms with Gasteiger partial charge in [0, 0.05) is 25.2 Å². The summed E-state index contributed by atoms with van der Waals surface area (Å²) < 4.78 is 5.60. The highest BCUT2D eigenvalue weighted by Crippen LogP contribution is 2.18. The Hall–Kier alpha value is -0.610. The van der Waals surface area contributed by atoms with E-state index in [2.05, 4.69) is 30.6 Å². The second-order valence-electron chi connectivity index (χ2n) is 5.85. The fourth-order valence-corrected chi connectivity index (χ4v) is 2.93. The molecule has 0 aliphatic carbocycles. The molecule has 4 nitrogen and oxygen atoms in total. The number of hydrogen-bond acceptors (Lipinski definition) is 3. The highest BCUT2D eigenvalue weighted by atomic mass is 16.5. The molecule has 2 heterocycles. The van der Waals surface area contributed by atoms with Crippen LogP contribution < -0.4 is 0 Å². The maximum atomic E-state index is 12.4. The third-order valence-corrected chi connectivity index (χ3v) is 4.20. The monoisotopic (exact) mass is 254 g/mol. The lowest BCUT2D eigenvalue weighted by atomic mass is 10.0. The number of likely N-dealkylation sites (tertiary alicyclic amines) is 1. The summed E-state index contributed by atoms with van der Waals surface area (Å²) in [6.07, 6.45) is 3.81. The molecule has 0 saturated carbocycles. The maximum absolute atomic E-state index is 12.4. The number of carbonyl (C=O) groups excluding carboxylic acids is 1. The van der Waals surface area contributed by atoms with E-state index in [0.29, 0.717) is 24.5 Å². The van der Waals surface area contributed by atoms with E-state index in [4.69, 9.17) is 4.74 Å². The molecular weight excluding hydrogens is 228 g/mol. The zero-order chi connectivity index (χ0) is 13.1. The lowest BCUT2D eigenvalue weighted by molar-refractivity contribution is -0.139. The van der Waals surface area contributed by atoms with Gasteiger partial charge in [-0.25, -0.2) is 0 Å². The molecule has 0 radical (unpaired) electrons. The van der Waals surface area contributed by atoms with Gasteiger partial charge in [0.05, 0.1) is 19.3 Å². The first-order valence-electron chi connectivity index (χ1n) is 7.23. The van der Waals surface area contributed by atoms with Gasteiger partial charge in [-0.05, 0) is 40.0 Å². The molecule has 3 unspecified atom stereocenters. The Bertz CT molecular complexity index is 296. The first kappa shape index (κ1) is 13.8. The molecule has 0 N–H and O–H groups in total. The Kier molecular flexibility index (Phi) is 4.62. The molecule has 0 aromatic heterocycles. The minimum absolute atomic E-state index is 0.243. The highest BCUT2D eigenvalue weighted by Gasteiger charge is 2.29. The Labute approximate surface area is 110 Å². The largest absolute Gasteiger partial charge is 0.376 e. The van der Waals surface area contributed by atoms with Crippen molar-refractivity contribution in [2.24, 2.45) is 0 Å². The van der Waals surface area contributed by atoms with E-state index < -0.39 is 0 Å². The third kappa shape index (κ3) is 3.23. The maximum Gasteiger partial charge on any atom is 0.236 e. The van der Waals surface area contributed by atoms with Crippen LogP contribution in [0.3, 0.4) is 0 Å². The number of hydrogen-bond donors (Lipinski definition) is 0. The average Bonchev–Trinajstić information content (AvgIpc) is 2.34. The van der Waals surface area contributed by atoms with Crippen molar-refractivity contribution in [2.75, 3.05) is 26.2 Å². The molecule has 2 rings (SSSR count). The Morgan fingerprint density at radius 3 is 2.72 bits per heavy atom. The summed E-state index contributed by atoms with van der Waals surface area (Å²) in [7, 11) is 0. The second-order valence-corrected chi connectivity index (χ2v) is 5.85. The normalized spacial score (nSPS) is 34.6. The molecule has 0 aromatic rings. The van der Waals surface area contributed by atoms with Crippen molar-refractivity contribution in [1.29, 1.82) is 0 Å². The van der Waals surface area contributed by atoms with Gasteiger partial charge in [0.1, 0.15) is 0 Å². The zero-order valence-electron chi connectivity index (χ0n) is 11.9. The van der Waals surface area contributed by atoms with E-state index in [1.807, 2.05) is 0 Å². The quantitative estimate of drug-likeness (QED) is 0.748. The average molecular weight is 254 g/mol. The number of rotatable bonds is 2. The molecule has 2 aliphatic rings. The summed E-state index contributed by atoms with van der Waals surface area (Å²) in [5.74, 6) is 0.295. The lowest BCUT2D eigenvalue weighted by Gasteiger charge is -2.39. The summed E-state index contributed by atoms with van der Waals surface area (Å²) >= 11 is 0. The van der Waals surface area contributed by atoms with Crippen LogP contribution in [0.5, 0.6) is 0 Å². The van der Waals surface area contributed by atoms with Crippen LogP contribution >= 0.6 is 0 Å². The van der Waals surface area contributed by atoms with Crippen LogP contribution in [0.4, 0.5) is 0 Å². The summed E-state index contributed by atoms with van der Waals surface area (Å²) in [6.45, 7) is 9.49. The Morgan fingerprint density at radius 1 is 1.22 bits per heavy atom. The molecule has 1 amide bonds. The van der Waals surface area contributed by atoms with E-state index in [1.54, 1.807) is 0 Å². The standard InChI is InChI=1S/C14H26N2O2/c1-11-6-4-5-7-16(11)14(17)9-15-8-13(3)18-10-12(15)2/h11-13H,4-10H2,1-3H3. The highest BCUT2D eigenvalue weighted by molar-refractivity contribution is 5.78. The molecule has 0 aromatic carbocycles. The van der Waals surface area contributed by atoms with Crippen LogP contribution in [0.25, 0.3) is 0 Å². The van der Waals surface area contributed by atoms with Crippen LogP contribution in [0.2, 0.25) is 0 Å². The lowest BCUT2D eigenvalue weighted by Crippen LogP contribution is -2.53. The van der Waals surface area contributed by atoms with Gasteiger partial charge in [0.2, 0.25) is 5.91 Å². The van der Waals surface area contributed by atoms with Gasteiger partial charge in [-0.15, -0.1) is 0 Å². The Morgan fingerprint density at radius 2 is 2.00 bits per heavy atom. The van der Waals surface area contributed by atoms with E-state index in [9.17, 15) is 4.79 Å². The number of amides is 1. The summed E-state index contributed by atoms with van der Waals surface area (Å²) in [5.41, 5.74) is 0. The molecule has 104 valence electrons. The molecule has 2 aliphatic heterocycles. The molecule has 3 atom stereocenters. The summed E-state index contributed by atoms with van der Waals surface area (Å²) in [5, 5.41) is 0. The van der Waals surface area contributed by atoms with Gasteiger partial charge in [-0.2, -0.15) is 0 Å². The van der Waals surface area contributed by atoms with Crippen molar-refractivity contribution in [2.45, 2.75) is 58.2 Å². The first-order valence-corrected chi connectivity index (χ1v) is 7.23. The first-order chi connectivity index (χ1) is 8.58. The van der Waals surface area contributed by atoms with Crippen molar-refractivity contribution in [1.82, 2.24) is 9.80 Å². The van der Waals surface area contributed by atoms with E-state index >= 15 is 0 Å². The number of piperidine rings is 1. The van der Waals surface area contributed by atoms with E-state index in [0.717, 1.165) is 32.5 Å². The summed E-state index contributed by atoms with van der Waals surface area (Å²) in [4.78, 5) is 16.7. The van der Waals surface area contributed by atoms with Crippen molar-refractivity contribution in [3.63, 3.8) is 0 Å². The third-order valence-electron chi connectivity index (χ3n) is 4.20. The van der Waals surface area contributed by atoms with Gasteiger partial charge < -0.3 is 9.64 Å². The van der Waals surface area contributed by atoms with Crippen molar-refractivity contribution in [3.8, 4) is 0 Å². The predicted octanol–water partition coefficient (Wildman–Crippen LogP) is 1.50. The minimum Gasteiger partial charge on any atom is -0.376 e. The summed E-state index contributed by atoms with van der Waals surface area (Å²) in [6, 6.07) is 0.769. The Balaban J connectivity index is 1.89. The van der Waals surface area contributed by atoms with Crippen LogP contribution in [-0.4, -0.2) is 60.1 Å². The SMILES string of the molecule is CC1CN(CC(=O)N2CCCCC2C)C(C)CO1. The van der Waals surface area contributed by atoms with Gasteiger partial charge in [0.15, 0.2) is 0 Å². The zero-order valence-corrected chi connectivity index (χ0v) is 11.9. The number of ether oxygens (including phenoxy) is 1. The van der Waals surface area contributed by atoms with Gasteiger partial charge in [-0.3, -0.25) is 9.69 Å². The molecule has 18 heavy (non-hydrogen) atoms. The van der Waals surface area contributed by atoms with Crippen LogP contribution in [-0.2, 0) is 9.53 Å². The predicted molar refractivity (Wildman–Crippen MR) is 71.5 cm³/mol. The smallest absolute Gasteiger partial charge is 0.236 e. The van der Waals surface area contributed by atoms with E-state index in [1.165, 1.54) is 6.42 Å². The number of morpholine rings is 1. The van der Waals surface area contributed by atoms with Crippen molar-refractivity contribution in [3.05, 3.63) is 0 Å². The van der Waals surface area contributed by atoms with Gasteiger partial charge >= 0.3 is 0 Å². The van der Waals surface area contributed by atoms with Gasteiger partial charge in [0.25, 0.3) is 0 Å². The molecule has 2 fully saturated rings. The van der Waals surface area contributed by atoms with Crippen LogP contribution in [0, 0.1) is 0 Å². The number of nitrogens with zero attached hydrogens (tertiary/aromatic N) is 2. The van der Waals surface area contributed by atoms with Crippen molar-refractivity contribution < 1.29 is 9.53 Å². The molecule has 2 saturated heterocycles. The fraction of sp³-hybridized carbons (Fsp3) is 0.929. The molecule has 0 bridgehead atoms. The van der Waals surface area contributed by atoms with E-state index in [-0.39, 0.29) is 6.10 Å². The van der Waals surface area contributed by atoms with Crippen LogP contribution in [0.1, 0.15) is 40.0 Å². The molecule has 4 heteroatoms. The van der Waals surface area contributed by atoms with Crippen LogP contribution in [0.15, 0.2) is 0 Å². The number of carbonyl (C=O) groups is 1. The van der Waals surface area contributed by atoms with Gasteiger partial charge in [-0.1, -0.05) is 0 Å². The fourth-order valence-electron chi connectivity index (χ4n) is 2.93.